The SMILES string of the molecule is Cc1cc(Cc2ccc(OCC(=O)O)c(C=O)c2)c(OCC(=O)O)c(Cc2ccc(OCC(=O)O)c(C=O)c2)c1. The van der Waals surface area contributed by atoms with Crippen LogP contribution in [0.15, 0.2) is 48.5 Å². The molecule has 40 heavy (non-hydrogen) atoms. The first-order chi connectivity index (χ1) is 19.1. The quantitative estimate of drug-likeness (QED) is 0.237. The summed E-state index contributed by atoms with van der Waals surface area (Å²) in [7, 11) is 0. The second kappa shape index (κ2) is 13.6. The average Bonchev–Trinajstić information content (AvgIpc) is 2.90. The number of hydrogen-bond acceptors (Lipinski definition) is 8. The molecule has 0 atom stereocenters. The molecule has 0 bridgehead atoms. The predicted molar refractivity (Wildman–Crippen MR) is 140 cm³/mol. The van der Waals surface area contributed by atoms with E-state index in [1.54, 1.807) is 24.3 Å². The lowest BCUT2D eigenvalue weighted by atomic mass is 9.94. The molecular formula is C29H26O11. The summed E-state index contributed by atoms with van der Waals surface area (Å²) in [5, 5.41) is 26.9. The normalized spacial score (nSPS) is 10.4. The lowest BCUT2D eigenvalue weighted by Crippen LogP contribution is -2.13. The number of benzene rings is 3. The molecule has 3 aromatic carbocycles. The van der Waals surface area contributed by atoms with Crippen molar-refractivity contribution in [2.75, 3.05) is 19.8 Å². The molecule has 11 heteroatoms. The first-order valence-electron chi connectivity index (χ1n) is 11.9. The van der Waals surface area contributed by atoms with Crippen LogP contribution in [0.2, 0.25) is 0 Å². The van der Waals surface area contributed by atoms with Crippen LogP contribution in [-0.4, -0.2) is 65.6 Å². The number of ether oxygens (including phenoxy) is 3. The van der Waals surface area contributed by atoms with E-state index in [4.69, 9.17) is 24.4 Å². The third kappa shape index (κ3) is 8.15. The third-order valence-corrected chi connectivity index (χ3v) is 5.62. The number of rotatable bonds is 15. The van der Waals surface area contributed by atoms with Crippen molar-refractivity contribution in [2.45, 2.75) is 19.8 Å². The Kier molecular flexibility index (Phi) is 9.95. The van der Waals surface area contributed by atoms with Gasteiger partial charge in [0, 0.05) is 12.8 Å². The van der Waals surface area contributed by atoms with Crippen LogP contribution in [0.1, 0.15) is 48.5 Å². The minimum Gasteiger partial charge on any atom is -0.481 e. The zero-order valence-electron chi connectivity index (χ0n) is 21.4. The van der Waals surface area contributed by atoms with Gasteiger partial charge in [0.25, 0.3) is 0 Å². The molecule has 208 valence electrons. The molecule has 3 aromatic rings. The maximum Gasteiger partial charge on any atom is 0.341 e. The van der Waals surface area contributed by atoms with Crippen LogP contribution in [0.3, 0.4) is 0 Å². The number of carboxylic acid groups (broad SMARTS) is 3. The van der Waals surface area contributed by atoms with E-state index in [-0.39, 0.29) is 35.5 Å². The van der Waals surface area contributed by atoms with Gasteiger partial charge in [0.1, 0.15) is 17.2 Å². The maximum atomic E-state index is 11.6. The molecule has 0 saturated heterocycles. The molecule has 0 aliphatic rings. The van der Waals surface area contributed by atoms with E-state index in [2.05, 4.69) is 0 Å². The first kappa shape index (κ1) is 29.4. The van der Waals surface area contributed by atoms with E-state index < -0.39 is 37.7 Å². The molecule has 3 rings (SSSR count). The lowest BCUT2D eigenvalue weighted by Gasteiger charge is -2.18. The lowest BCUT2D eigenvalue weighted by molar-refractivity contribution is -0.140. The van der Waals surface area contributed by atoms with Crippen molar-refractivity contribution < 1.29 is 53.5 Å². The van der Waals surface area contributed by atoms with Crippen LogP contribution < -0.4 is 14.2 Å². The summed E-state index contributed by atoms with van der Waals surface area (Å²) < 4.78 is 16.0. The maximum absolute atomic E-state index is 11.6. The molecule has 0 aliphatic heterocycles. The minimum atomic E-state index is -1.18. The second-order valence-electron chi connectivity index (χ2n) is 8.79. The Bertz CT molecular complexity index is 1350. The Labute approximate surface area is 228 Å². The van der Waals surface area contributed by atoms with Gasteiger partial charge in [0.2, 0.25) is 0 Å². The first-order valence-corrected chi connectivity index (χ1v) is 11.9. The summed E-state index contributed by atoms with van der Waals surface area (Å²) in [6.45, 7) is 0.0414. The fourth-order valence-corrected chi connectivity index (χ4v) is 4.09. The Morgan fingerprint density at radius 2 is 1.05 bits per heavy atom. The largest absolute Gasteiger partial charge is 0.481 e. The number of aliphatic carboxylic acids is 3. The Balaban J connectivity index is 1.97. The molecule has 0 radical (unpaired) electrons. The van der Waals surface area contributed by atoms with Crippen molar-refractivity contribution in [3.05, 3.63) is 87.5 Å². The molecule has 0 aliphatic carbocycles. The van der Waals surface area contributed by atoms with Gasteiger partial charge >= 0.3 is 17.9 Å². The monoisotopic (exact) mass is 550 g/mol. The number of carbonyl (C=O) groups is 5. The van der Waals surface area contributed by atoms with Crippen LogP contribution in [0.4, 0.5) is 0 Å². The number of carboxylic acids is 3. The number of aryl methyl sites for hydroxylation is 1. The van der Waals surface area contributed by atoms with E-state index in [9.17, 15) is 29.1 Å². The van der Waals surface area contributed by atoms with Crippen LogP contribution in [-0.2, 0) is 27.2 Å². The van der Waals surface area contributed by atoms with E-state index in [1.165, 1.54) is 12.1 Å². The molecule has 3 N–H and O–H groups in total. The Hall–Kier alpha value is -5.19. The van der Waals surface area contributed by atoms with Gasteiger partial charge in [-0.25, -0.2) is 14.4 Å². The zero-order valence-corrected chi connectivity index (χ0v) is 21.4. The third-order valence-electron chi connectivity index (χ3n) is 5.62. The van der Waals surface area contributed by atoms with E-state index >= 15 is 0 Å². The molecule has 0 heterocycles. The predicted octanol–water partition coefficient (Wildman–Crippen LogP) is 3.19. The highest BCUT2D eigenvalue weighted by Crippen LogP contribution is 2.32. The molecule has 0 spiro atoms. The van der Waals surface area contributed by atoms with Gasteiger partial charge in [0.15, 0.2) is 32.4 Å². The molecule has 0 amide bonds. The van der Waals surface area contributed by atoms with Crippen LogP contribution in [0, 0.1) is 6.92 Å². The Morgan fingerprint density at radius 3 is 1.43 bits per heavy atom. The summed E-state index contributed by atoms with van der Waals surface area (Å²) in [6.07, 6.45) is 1.62. The summed E-state index contributed by atoms with van der Waals surface area (Å²) in [5.41, 5.74) is 3.79. The van der Waals surface area contributed by atoms with E-state index in [0.29, 0.717) is 40.6 Å². The van der Waals surface area contributed by atoms with Crippen molar-refractivity contribution in [1.82, 2.24) is 0 Å². The average molecular weight is 551 g/mol. The van der Waals surface area contributed by atoms with Gasteiger partial charge in [-0.3, -0.25) is 9.59 Å². The topological polar surface area (TPSA) is 174 Å². The van der Waals surface area contributed by atoms with Crippen molar-refractivity contribution >= 4 is 30.5 Å². The summed E-state index contributed by atoms with van der Waals surface area (Å²) >= 11 is 0. The number of aldehydes is 2. The fraction of sp³-hybridized carbons (Fsp3) is 0.207. The number of hydrogen-bond donors (Lipinski definition) is 3. The molecule has 0 saturated carbocycles. The molecule has 0 aromatic heterocycles. The molecule has 0 fully saturated rings. The van der Waals surface area contributed by atoms with Gasteiger partial charge in [0.05, 0.1) is 11.1 Å². The van der Waals surface area contributed by atoms with Crippen LogP contribution in [0.5, 0.6) is 17.2 Å². The highest BCUT2D eigenvalue weighted by Gasteiger charge is 2.17. The smallest absolute Gasteiger partial charge is 0.341 e. The van der Waals surface area contributed by atoms with Gasteiger partial charge in [-0.05, 0) is 53.4 Å². The zero-order chi connectivity index (χ0) is 29.2. The van der Waals surface area contributed by atoms with Gasteiger partial charge in [-0.2, -0.15) is 0 Å². The summed E-state index contributed by atoms with van der Waals surface area (Å²) in [5.74, 6) is -2.98. The van der Waals surface area contributed by atoms with Crippen molar-refractivity contribution in [3.63, 3.8) is 0 Å². The van der Waals surface area contributed by atoms with E-state index in [1.807, 2.05) is 19.1 Å². The molecule has 0 unspecified atom stereocenters. The van der Waals surface area contributed by atoms with Crippen molar-refractivity contribution in [1.29, 1.82) is 0 Å². The highest BCUT2D eigenvalue weighted by molar-refractivity contribution is 5.81. The number of carbonyl (C=O) groups excluding carboxylic acids is 2. The van der Waals surface area contributed by atoms with Crippen LogP contribution >= 0.6 is 0 Å². The Morgan fingerprint density at radius 1 is 0.650 bits per heavy atom. The molecule has 11 nitrogen and oxygen atoms in total. The highest BCUT2D eigenvalue weighted by atomic mass is 16.5. The van der Waals surface area contributed by atoms with E-state index in [0.717, 1.165) is 5.56 Å². The minimum absolute atomic E-state index is 0.121. The van der Waals surface area contributed by atoms with Gasteiger partial charge < -0.3 is 29.5 Å². The van der Waals surface area contributed by atoms with Crippen molar-refractivity contribution in [2.24, 2.45) is 0 Å². The van der Waals surface area contributed by atoms with Gasteiger partial charge in [-0.15, -0.1) is 0 Å². The van der Waals surface area contributed by atoms with Gasteiger partial charge in [-0.1, -0.05) is 29.8 Å². The van der Waals surface area contributed by atoms with Crippen molar-refractivity contribution in [3.8, 4) is 17.2 Å². The second-order valence-corrected chi connectivity index (χ2v) is 8.79. The fourth-order valence-electron chi connectivity index (χ4n) is 4.09. The standard InChI is InChI=1S/C29H26O11/c1-17-6-20(8-18-2-4-24(22(10-18)12-30)38-14-26(32)33)29(40-16-28(36)37)21(7-17)9-19-3-5-25(23(11-19)13-31)39-15-27(34)35/h2-7,10-13H,8-9,14-16H2,1H3,(H,32,33)(H,34,35)(H,36,37). The summed E-state index contributed by atoms with van der Waals surface area (Å²) in [4.78, 5) is 56.2. The summed E-state index contributed by atoms with van der Waals surface area (Å²) in [6, 6.07) is 13.1. The molecular weight excluding hydrogens is 524 g/mol. The van der Waals surface area contributed by atoms with Crippen LogP contribution in [0.25, 0.3) is 0 Å².